The van der Waals surface area contributed by atoms with Crippen molar-refractivity contribution in [1.82, 2.24) is 20.1 Å². The van der Waals surface area contributed by atoms with Crippen LogP contribution >= 0.6 is 0 Å². The van der Waals surface area contributed by atoms with E-state index in [2.05, 4.69) is 21.8 Å². The summed E-state index contributed by atoms with van der Waals surface area (Å²) in [5.41, 5.74) is 1.65. The van der Waals surface area contributed by atoms with Crippen LogP contribution in [-0.4, -0.2) is 102 Å². The normalized spacial score (nSPS) is 30.5. The molecule has 5 unspecified atom stereocenters. The number of cyclic esters (lactones) is 1. The van der Waals surface area contributed by atoms with Crippen molar-refractivity contribution in [3.05, 3.63) is 66.0 Å². The molecule has 0 spiro atoms. The van der Waals surface area contributed by atoms with Gasteiger partial charge >= 0.3 is 5.97 Å². The van der Waals surface area contributed by atoms with Crippen molar-refractivity contribution < 1.29 is 33.4 Å². The maximum absolute atomic E-state index is 13.7. The number of carbonyl (C=O) groups is 3. The van der Waals surface area contributed by atoms with Crippen molar-refractivity contribution in [3.8, 4) is 0 Å². The molecule has 2 saturated heterocycles. The number of ether oxygens (including phenoxy) is 2. The van der Waals surface area contributed by atoms with Crippen LogP contribution in [0.2, 0.25) is 0 Å². The third-order valence-electron chi connectivity index (χ3n) is 8.22. The van der Waals surface area contributed by atoms with E-state index in [1.54, 1.807) is 12.2 Å². The van der Waals surface area contributed by atoms with Crippen LogP contribution in [-0.2, 0) is 25.5 Å². The van der Waals surface area contributed by atoms with Gasteiger partial charge in [0.1, 0.15) is 18.4 Å². The van der Waals surface area contributed by atoms with Gasteiger partial charge in [-0.3, -0.25) is 14.5 Å². The number of allylic oxidation sites excluding steroid dienone is 2. The highest BCUT2D eigenvalue weighted by Gasteiger charge is 2.39. The number of aliphatic hydroxyl groups is 1. The molecule has 2 fully saturated rings. The zero-order valence-corrected chi connectivity index (χ0v) is 26.1. The van der Waals surface area contributed by atoms with Crippen LogP contribution in [0.15, 0.2) is 58.8 Å². The van der Waals surface area contributed by atoms with Gasteiger partial charge in [0.05, 0.1) is 19.3 Å². The van der Waals surface area contributed by atoms with Crippen LogP contribution in [0.5, 0.6) is 0 Å². The molecule has 0 aliphatic carbocycles. The van der Waals surface area contributed by atoms with Crippen LogP contribution in [0.4, 0.5) is 0 Å². The summed E-state index contributed by atoms with van der Waals surface area (Å²) in [6.45, 7) is 14.2. The average molecular weight is 611 g/mol. The monoisotopic (exact) mass is 610 g/mol. The number of carbonyl (C=O) groups excluding carboxylic acids is 3. The fraction of sp³-hybridized carbons (Fsp3) is 0.576. The molecule has 1 aromatic heterocycles. The number of hydrogen-bond donors (Lipinski definition) is 2. The Morgan fingerprint density at radius 2 is 1.95 bits per heavy atom. The number of oxazole rings is 1. The van der Waals surface area contributed by atoms with Crippen LogP contribution in [0.1, 0.15) is 56.4 Å². The molecular formula is C33H46N4O7. The van der Waals surface area contributed by atoms with Gasteiger partial charge in [-0.15, -0.1) is 0 Å². The van der Waals surface area contributed by atoms with E-state index in [0.717, 1.165) is 18.7 Å². The Morgan fingerprint density at radius 3 is 2.73 bits per heavy atom. The van der Waals surface area contributed by atoms with E-state index in [0.29, 0.717) is 63.6 Å². The van der Waals surface area contributed by atoms with Gasteiger partial charge in [0.25, 0.3) is 5.91 Å². The minimum atomic E-state index is -0.765. The lowest BCUT2D eigenvalue weighted by Gasteiger charge is -2.35. The highest BCUT2D eigenvalue weighted by molar-refractivity contribution is 5.95. The fourth-order valence-corrected chi connectivity index (χ4v) is 5.95. The Bertz CT molecular complexity index is 1260. The maximum atomic E-state index is 13.7. The van der Waals surface area contributed by atoms with Gasteiger partial charge in [-0.05, 0) is 32.3 Å². The Balaban J connectivity index is 1.57. The van der Waals surface area contributed by atoms with E-state index in [4.69, 9.17) is 13.9 Å². The van der Waals surface area contributed by atoms with Crippen molar-refractivity contribution >= 4 is 17.8 Å². The summed E-state index contributed by atoms with van der Waals surface area (Å²) in [5, 5.41) is 13.3. The zero-order valence-electron chi connectivity index (χ0n) is 26.1. The molecule has 1 aromatic rings. The largest absolute Gasteiger partial charge is 0.460 e. The lowest BCUT2D eigenvalue weighted by Crippen LogP contribution is -2.46. The number of aromatic nitrogens is 1. The summed E-state index contributed by atoms with van der Waals surface area (Å²) in [4.78, 5) is 47.9. The molecule has 4 heterocycles. The molecule has 2 N–H and O–H groups in total. The topological polar surface area (TPSA) is 134 Å². The second-order valence-corrected chi connectivity index (χ2v) is 12.0. The molecular weight excluding hydrogens is 564 g/mol. The summed E-state index contributed by atoms with van der Waals surface area (Å²) in [6.07, 6.45) is 10.3. The smallest absolute Gasteiger partial charge is 0.329 e. The van der Waals surface area contributed by atoms with Gasteiger partial charge < -0.3 is 29.2 Å². The maximum Gasteiger partial charge on any atom is 0.329 e. The third kappa shape index (κ3) is 9.48. The van der Waals surface area contributed by atoms with Gasteiger partial charge in [-0.25, -0.2) is 9.78 Å². The summed E-state index contributed by atoms with van der Waals surface area (Å²) in [7, 11) is 0. The molecule has 0 radical (unpaired) electrons. The fourth-order valence-electron chi connectivity index (χ4n) is 5.95. The van der Waals surface area contributed by atoms with Crippen molar-refractivity contribution in [1.29, 1.82) is 0 Å². The van der Waals surface area contributed by atoms with E-state index in [9.17, 15) is 19.5 Å². The Labute approximate surface area is 259 Å². The van der Waals surface area contributed by atoms with E-state index in [1.165, 1.54) is 17.2 Å². The highest BCUT2D eigenvalue weighted by Crippen LogP contribution is 2.26. The van der Waals surface area contributed by atoms with Crippen LogP contribution in [0.3, 0.4) is 0 Å². The molecule has 240 valence electrons. The summed E-state index contributed by atoms with van der Waals surface area (Å²) >= 11 is 0. The standard InChI is InChI=1S/C33H46N4O7/c1-22-7-5-11-34-29(39)10-9-24(3)31(25(4)20-36-13-15-42-16-14-36)44-33(41)28-8-6-12-37(28)32(40)27-21-43-30(35-27)19-23(2)18-26(38)17-22/h5,7,9-10,17,21,24-26,28,31,38H,2,6,8,11-16,18-20H2,1,3-4H3,(H,34,39)/b7-5+,10-9+,22-17+. The zero-order chi connectivity index (χ0) is 31.6. The van der Waals surface area contributed by atoms with E-state index < -0.39 is 30.1 Å². The van der Waals surface area contributed by atoms with Crippen molar-refractivity contribution in [2.75, 3.05) is 45.9 Å². The first-order chi connectivity index (χ1) is 21.1. The molecule has 2 amide bonds. The number of nitrogens with one attached hydrogen (secondary N) is 1. The molecule has 0 saturated carbocycles. The molecule has 2 bridgehead atoms. The van der Waals surface area contributed by atoms with Crippen LogP contribution in [0.25, 0.3) is 0 Å². The molecule has 0 aromatic carbocycles. The van der Waals surface area contributed by atoms with E-state index >= 15 is 0 Å². The van der Waals surface area contributed by atoms with Gasteiger partial charge in [0, 0.05) is 51.0 Å². The SMILES string of the molecule is C=C1Cc2nc(co2)C(=O)N2CCCC2C(=O)OC(C(C)CN2CCOCC2)C(C)/C=C/C(=O)NC/C=C/C(C)=C/C(O)C1. The van der Waals surface area contributed by atoms with Crippen molar-refractivity contribution in [2.24, 2.45) is 11.8 Å². The van der Waals surface area contributed by atoms with Gasteiger partial charge in [0.15, 0.2) is 11.6 Å². The highest BCUT2D eigenvalue weighted by atomic mass is 16.5. The number of aliphatic hydroxyl groups excluding tert-OH is 1. The second-order valence-electron chi connectivity index (χ2n) is 12.0. The molecule has 44 heavy (non-hydrogen) atoms. The first-order valence-corrected chi connectivity index (χ1v) is 15.5. The number of esters is 1. The Hall–Kier alpha value is -3.54. The minimum absolute atomic E-state index is 0.0426. The lowest BCUT2D eigenvalue weighted by atomic mass is 9.92. The summed E-state index contributed by atoms with van der Waals surface area (Å²) in [5.74, 6) is -1.10. The quantitative estimate of drug-likeness (QED) is 0.391. The third-order valence-corrected chi connectivity index (χ3v) is 8.22. The number of amides is 2. The summed E-state index contributed by atoms with van der Waals surface area (Å²) < 4.78 is 17.3. The predicted molar refractivity (Wildman–Crippen MR) is 165 cm³/mol. The van der Waals surface area contributed by atoms with Gasteiger partial charge in [-0.1, -0.05) is 55.9 Å². The number of rotatable bonds is 3. The van der Waals surface area contributed by atoms with Crippen LogP contribution < -0.4 is 5.32 Å². The van der Waals surface area contributed by atoms with Crippen molar-refractivity contribution in [2.45, 2.75) is 64.7 Å². The van der Waals surface area contributed by atoms with E-state index in [1.807, 2.05) is 32.9 Å². The van der Waals surface area contributed by atoms with Crippen LogP contribution in [0, 0.1) is 11.8 Å². The van der Waals surface area contributed by atoms with Gasteiger partial charge in [-0.2, -0.15) is 0 Å². The molecule has 3 aliphatic heterocycles. The Morgan fingerprint density at radius 1 is 1.18 bits per heavy atom. The molecule has 11 heteroatoms. The van der Waals surface area contributed by atoms with Crippen molar-refractivity contribution in [3.63, 3.8) is 0 Å². The Kier molecular flexibility index (Phi) is 12.1. The minimum Gasteiger partial charge on any atom is -0.460 e. The molecule has 4 rings (SSSR count). The molecule has 11 nitrogen and oxygen atoms in total. The lowest BCUT2D eigenvalue weighted by molar-refractivity contribution is -0.159. The van der Waals surface area contributed by atoms with Gasteiger partial charge in [0.2, 0.25) is 5.91 Å². The molecule has 3 aliphatic rings. The van der Waals surface area contributed by atoms with E-state index in [-0.39, 0.29) is 29.9 Å². The number of nitrogens with zero attached hydrogens (tertiary/aromatic N) is 3. The molecule has 5 atom stereocenters. The second kappa shape index (κ2) is 16.0. The average Bonchev–Trinajstić information content (AvgIpc) is 3.66. The predicted octanol–water partition coefficient (Wildman–Crippen LogP) is 2.83. The number of morpholine rings is 1. The first kappa shape index (κ1) is 33.4. The summed E-state index contributed by atoms with van der Waals surface area (Å²) in [6, 6.07) is -0.742. The first-order valence-electron chi connectivity index (χ1n) is 15.5. The number of fused-ring (bicyclic) bond motifs is 3. The number of hydrogen-bond acceptors (Lipinski definition) is 9.